The molecule has 1 aromatic carbocycles. The summed E-state index contributed by atoms with van der Waals surface area (Å²) < 4.78 is 0. The van der Waals surface area contributed by atoms with E-state index in [1.807, 2.05) is 23.1 Å². The van der Waals surface area contributed by atoms with Gasteiger partial charge in [-0.15, -0.1) is 0 Å². The van der Waals surface area contributed by atoms with Gasteiger partial charge in [0.25, 0.3) is 5.91 Å². The molecule has 1 saturated heterocycles. The molecule has 4 rings (SSSR count). The van der Waals surface area contributed by atoms with Crippen LogP contribution in [0.3, 0.4) is 0 Å². The molecule has 2 heterocycles. The maximum atomic E-state index is 13.0. The minimum absolute atomic E-state index is 0.0581. The molecule has 0 unspecified atom stereocenters. The topological polar surface area (TPSA) is 70.5 Å². The summed E-state index contributed by atoms with van der Waals surface area (Å²) in [6.45, 7) is 1.43. The highest BCUT2D eigenvalue weighted by Gasteiger charge is 2.26. The molecule has 1 fully saturated rings. The molecule has 27 heavy (non-hydrogen) atoms. The van der Waals surface area contributed by atoms with Gasteiger partial charge in [-0.1, -0.05) is 12.1 Å². The Morgan fingerprint density at radius 3 is 2.59 bits per heavy atom. The molecule has 5 heteroatoms. The summed E-state index contributed by atoms with van der Waals surface area (Å²) in [5, 5.41) is 9.05. The molecule has 0 spiro atoms. The van der Waals surface area contributed by atoms with Gasteiger partial charge in [0.15, 0.2) is 0 Å². The first kappa shape index (κ1) is 17.7. The number of carbonyl (C=O) groups excluding carboxylic acids is 1. The van der Waals surface area contributed by atoms with Crippen molar-refractivity contribution in [2.75, 3.05) is 13.1 Å². The molecular weight excluding hydrogens is 340 g/mol. The van der Waals surface area contributed by atoms with Crippen molar-refractivity contribution in [3.63, 3.8) is 0 Å². The van der Waals surface area contributed by atoms with E-state index in [4.69, 9.17) is 5.11 Å². The highest BCUT2D eigenvalue weighted by molar-refractivity contribution is 5.94. The summed E-state index contributed by atoms with van der Waals surface area (Å²) in [7, 11) is 0. The second-order valence-corrected chi connectivity index (χ2v) is 7.55. The number of rotatable bonds is 3. The van der Waals surface area contributed by atoms with Crippen LogP contribution in [-0.2, 0) is 12.8 Å². The number of pyridine rings is 1. The van der Waals surface area contributed by atoms with E-state index in [2.05, 4.69) is 4.98 Å². The smallest absolute Gasteiger partial charge is 0.335 e. The molecule has 1 N–H and O–H groups in total. The lowest BCUT2D eigenvalue weighted by Crippen LogP contribution is -2.39. The fourth-order valence-corrected chi connectivity index (χ4v) is 4.22. The first-order valence-electron chi connectivity index (χ1n) is 9.72. The maximum Gasteiger partial charge on any atom is 0.335 e. The third-order valence-electron chi connectivity index (χ3n) is 5.75. The van der Waals surface area contributed by atoms with Crippen LogP contribution in [0.1, 0.15) is 69.1 Å². The predicted octanol–water partition coefficient (Wildman–Crippen LogP) is 3.68. The van der Waals surface area contributed by atoms with E-state index in [0.29, 0.717) is 17.7 Å². The van der Waals surface area contributed by atoms with Crippen LogP contribution in [0.5, 0.6) is 0 Å². The fraction of sp³-hybridized carbons (Fsp3) is 0.409. The Balaban J connectivity index is 1.49. The van der Waals surface area contributed by atoms with Crippen molar-refractivity contribution in [1.82, 2.24) is 9.88 Å². The molecule has 2 aromatic rings. The third-order valence-corrected chi connectivity index (χ3v) is 5.75. The number of nitrogens with zero attached hydrogens (tertiary/aromatic N) is 2. The lowest BCUT2D eigenvalue weighted by atomic mass is 9.89. The molecule has 1 amide bonds. The van der Waals surface area contributed by atoms with Crippen molar-refractivity contribution in [2.24, 2.45) is 0 Å². The zero-order valence-electron chi connectivity index (χ0n) is 15.4. The van der Waals surface area contributed by atoms with E-state index >= 15 is 0 Å². The Bertz CT molecular complexity index is 860. The fourth-order valence-electron chi connectivity index (χ4n) is 4.22. The Kier molecular flexibility index (Phi) is 4.92. The van der Waals surface area contributed by atoms with E-state index in [1.54, 1.807) is 18.3 Å². The third kappa shape index (κ3) is 3.72. The second kappa shape index (κ2) is 7.51. The molecule has 2 aliphatic rings. The molecule has 0 radical (unpaired) electrons. The summed E-state index contributed by atoms with van der Waals surface area (Å²) in [5.41, 5.74) is 4.46. The number of carboxylic acid groups (broad SMARTS) is 1. The summed E-state index contributed by atoms with van der Waals surface area (Å²) >= 11 is 0. The van der Waals surface area contributed by atoms with Gasteiger partial charge in [-0.2, -0.15) is 0 Å². The van der Waals surface area contributed by atoms with Gasteiger partial charge in [-0.05, 0) is 67.9 Å². The zero-order valence-corrected chi connectivity index (χ0v) is 15.4. The molecule has 5 nitrogen and oxygen atoms in total. The van der Waals surface area contributed by atoms with Crippen LogP contribution < -0.4 is 0 Å². The van der Waals surface area contributed by atoms with Crippen LogP contribution in [-0.4, -0.2) is 40.0 Å². The van der Waals surface area contributed by atoms with Crippen LogP contribution in [0.4, 0.5) is 0 Å². The molecule has 1 aliphatic heterocycles. The van der Waals surface area contributed by atoms with Gasteiger partial charge in [0, 0.05) is 30.9 Å². The highest BCUT2D eigenvalue weighted by Crippen LogP contribution is 2.28. The standard InChI is InChI=1S/C22H24N2O3/c25-21(19-12-17-4-1-2-6-20(17)23-13-19)24-11-3-5-18(14-24)15-7-9-16(10-8-15)22(26)27/h7-10,12-13,18H,1-6,11,14H2,(H,26,27)/t18-/m0/s1. The van der Waals surface area contributed by atoms with Crippen LogP contribution in [0.25, 0.3) is 0 Å². The largest absolute Gasteiger partial charge is 0.478 e. The van der Waals surface area contributed by atoms with E-state index in [9.17, 15) is 9.59 Å². The number of fused-ring (bicyclic) bond motifs is 1. The second-order valence-electron chi connectivity index (χ2n) is 7.55. The Labute approximate surface area is 159 Å². The molecule has 1 aliphatic carbocycles. The van der Waals surface area contributed by atoms with Crippen LogP contribution in [0.2, 0.25) is 0 Å². The first-order valence-corrected chi connectivity index (χ1v) is 9.72. The summed E-state index contributed by atoms with van der Waals surface area (Å²) in [4.78, 5) is 30.5. The van der Waals surface area contributed by atoms with Crippen molar-refractivity contribution in [3.05, 3.63) is 64.5 Å². The number of piperidine rings is 1. The summed E-state index contributed by atoms with van der Waals surface area (Å²) in [5.74, 6) is -0.610. The minimum atomic E-state index is -0.915. The molecular formula is C22H24N2O3. The van der Waals surface area contributed by atoms with Gasteiger partial charge in [-0.3, -0.25) is 9.78 Å². The number of carboxylic acids is 1. The quantitative estimate of drug-likeness (QED) is 0.902. The Morgan fingerprint density at radius 2 is 1.81 bits per heavy atom. The maximum absolute atomic E-state index is 13.0. The van der Waals surface area contributed by atoms with Crippen LogP contribution in [0.15, 0.2) is 36.5 Å². The van der Waals surface area contributed by atoms with E-state index in [-0.39, 0.29) is 11.8 Å². The van der Waals surface area contributed by atoms with Gasteiger partial charge in [0.1, 0.15) is 0 Å². The Morgan fingerprint density at radius 1 is 1.04 bits per heavy atom. The number of aromatic carboxylic acids is 1. The van der Waals surface area contributed by atoms with Crippen molar-refractivity contribution in [1.29, 1.82) is 0 Å². The van der Waals surface area contributed by atoms with Gasteiger partial charge in [0.05, 0.1) is 11.1 Å². The monoisotopic (exact) mass is 364 g/mol. The average Bonchev–Trinajstić information content (AvgIpc) is 2.73. The summed E-state index contributed by atoms with van der Waals surface area (Å²) in [6.07, 6.45) is 8.09. The number of likely N-dealkylation sites (tertiary alicyclic amines) is 1. The van der Waals surface area contributed by atoms with Gasteiger partial charge >= 0.3 is 5.97 Å². The molecule has 140 valence electrons. The van der Waals surface area contributed by atoms with Gasteiger partial charge < -0.3 is 10.0 Å². The van der Waals surface area contributed by atoms with Gasteiger partial charge in [-0.25, -0.2) is 4.79 Å². The Hall–Kier alpha value is -2.69. The number of aromatic nitrogens is 1. The molecule has 1 atom stereocenters. The van der Waals surface area contributed by atoms with Crippen molar-refractivity contribution >= 4 is 11.9 Å². The average molecular weight is 364 g/mol. The minimum Gasteiger partial charge on any atom is -0.478 e. The predicted molar refractivity (Wildman–Crippen MR) is 102 cm³/mol. The van der Waals surface area contributed by atoms with Gasteiger partial charge in [0.2, 0.25) is 0 Å². The molecule has 0 bridgehead atoms. The van der Waals surface area contributed by atoms with Crippen molar-refractivity contribution in [2.45, 2.75) is 44.4 Å². The number of carbonyl (C=O) groups is 2. The molecule has 0 saturated carbocycles. The normalized spacial score (nSPS) is 19.4. The SMILES string of the molecule is O=C(O)c1ccc([C@H]2CCCN(C(=O)c3cnc4c(c3)CCCC4)C2)cc1. The summed E-state index contributed by atoms with van der Waals surface area (Å²) in [6, 6.07) is 9.08. The van der Waals surface area contributed by atoms with Crippen molar-refractivity contribution in [3.8, 4) is 0 Å². The van der Waals surface area contributed by atoms with E-state index in [1.165, 1.54) is 18.4 Å². The highest BCUT2D eigenvalue weighted by atomic mass is 16.4. The lowest BCUT2D eigenvalue weighted by Gasteiger charge is -2.33. The van der Waals surface area contributed by atoms with Crippen LogP contribution >= 0.6 is 0 Å². The lowest BCUT2D eigenvalue weighted by molar-refractivity contribution is 0.0693. The number of aryl methyl sites for hydroxylation is 2. The number of benzene rings is 1. The van der Waals surface area contributed by atoms with Crippen LogP contribution in [0, 0.1) is 0 Å². The molecule has 1 aromatic heterocycles. The van der Waals surface area contributed by atoms with E-state index < -0.39 is 5.97 Å². The number of amides is 1. The van der Waals surface area contributed by atoms with E-state index in [0.717, 1.165) is 43.5 Å². The van der Waals surface area contributed by atoms with Crippen molar-refractivity contribution < 1.29 is 14.7 Å². The first-order chi connectivity index (χ1) is 13.1. The number of hydrogen-bond acceptors (Lipinski definition) is 3. The number of hydrogen-bond donors (Lipinski definition) is 1. The zero-order chi connectivity index (χ0) is 18.8.